The van der Waals surface area contributed by atoms with Crippen LogP contribution in [0.15, 0.2) is 30.7 Å². The maximum atomic E-state index is 13.4. The molecule has 35 heavy (non-hydrogen) atoms. The number of aromatic nitrogens is 4. The van der Waals surface area contributed by atoms with E-state index in [1.165, 1.54) is 10.6 Å². The van der Waals surface area contributed by atoms with Crippen LogP contribution in [0.2, 0.25) is 0 Å². The minimum absolute atomic E-state index is 0.0303. The number of fused-ring (bicyclic) bond motifs is 2. The second-order valence-corrected chi connectivity index (χ2v) is 11.6. The first-order valence-electron chi connectivity index (χ1n) is 11.5. The van der Waals surface area contributed by atoms with E-state index in [2.05, 4.69) is 20.3 Å². The average Bonchev–Trinajstić information content (AvgIpc) is 3.17. The van der Waals surface area contributed by atoms with Crippen molar-refractivity contribution in [2.24, 2.45) is 7.05 Å². The number of rotatable bonds is 5. The third-order valence-electron chi connectivity index (χ3n) is 6.50. The summed E-state index contributed by atoms with van der Waals surface area (Å²) in [5, 5.41) is 3.30. The molecule has 2 aromatic heterocycles. The molecule has 186 valence electrons. The molecule has 2 aliphatic heterocycles. The van der Waals surface area contributed by atoms with E-state index in [1.54, 1.807) is 31.3 Å². The number of amides is 1. The number of nitrogens with one attached hydrogen (secondary N) is 1. The molecule has 1 fully saturated rings. The number of benzene rings is 1. The van der Waals surface area contributed by atoms with Gasteiger partial charge in [0, 0.05) is 26.2 Å². The Morgan fingerprint density at radius 1 is 1.20 bits per heavy atom. The second kappa shape index (κ2) is 8.45. The van der Waals surface area contributed by atoms with Crippen LogP contribution in [0.5, 0.6) is 5.75 Å². The molecular weight excluding hydrogens is 470 g/mol. The minimum atomic E-state index is -3.19. The van der Waals surface area contributed by atoms with Gasteiger partial charge in [-0.2, -0.15) is 4.98 Å². The molecule has 1 saturated heterocycles. The van der Waals surface area contributed by atoms with Crippen LogP contribution < -0.4 is 15.0 Å². The summed E-state index contributed by atoms with van der Waals surface area (Å²) in [7, 11) is -1.25. The Kier molecular flexibility index (Phi) is 5.67. The van der Waals surface area contributed by atoms with Gasteiger partial charge >= 0.3 is 0 Å². The third kappa shape index (κ3) is 4.55. The first-order valence-corrected chi connectivity index (χ1v) is 13.4. The Bertz CT molecular complexity index is 1390. The zero-order chi connectivity index (χ0) is 25.0. The van der Waals surface area contributed by atoms with Crippen LogP contribution in [0, 0.1) is 0 Å². The molecule has 1 amide bonds. The number of piperidine rings is 1. The second-order valence-electron chi connectivity index (χ2n) is 9.64. The molecule has 0 atom stereocenters. The van der Waals surface area contributed by atoms with Crippen LogP contribution in [-0.2, 0) is 28.4 Å². The number of anilines is 2. The topological polar surface area (TPSA) is 123 Å². The van der Waals surface area contributed by atoms with Crippen LogP contribution in [-0.4, -0.2) is 69.1 Å². The first-order chi connectivity index (χ1) is 16.5. The fourth-order valence-corrected chi connectivity index (χ4v) is 5.43. The summed E-state index contributed by atoms with van der Waals surface area (Å²) < 4.78 is 32.9. The standard InChI is InChI=1S/C23H29N7O4S/c1-23(2)21(31)30(13-15-5-6-18-17(11-15)25-14-28(18)3)20-19(34-23)12-24-22(27-20)26-16-7-9-29(10-8-16)35(4,32)33/h5-6,11-12,14,16H,7-10,13H2,1-4H3,(H,24,26,27). The molecule has 0 spiro atoms. The summed E-state index contributed by atoms with van der Waals surface area (Å²) in [6.07, 6.45) is 5.86. The van der Waals surface area contributed by atoms with E-state index in [-0.39, 0.29) is 11.9 Å². The van der Waals surface area contributed by atoms with Crippen molar-refractivity contribution in [1.29, 1.82) is 0 Å². The lowest BCUT2D eigenvalue weighted by molar-refractivity contribution is -0.133. The van der Waals surface area contributed by atoms with Gasteiger partial charge in [-0.1, -0.05) is 6.07 Å². The van der Waals surface area contributed by atoms with Crippen molar-refractivity contribution in [2.75, 3.05) is 29.6 Å². The van der Waals surface area contributed by atoms with E-state index in [4.69, 9.17) is 4.74 Å². The Balaban J connectivity index is 1.40. The molecule has 0 unspecified atom stereocenters. The molecule has 0 aliphatic carbocycles. The Morgan fingerprint density at radius 2 is 1.94 bits per heavy atom. The van der Waals surface area contributed by atoms with Gasteiger partial charge in [0.25, 0.3) is 5.91 Å². The molecule has 4 heterocycles. The van der Waals surface area contributed by atoms with Crippen molar-refractivity contribution in [3.63, 3.8) is 0 Å². The van der Waals surface area contributed by atoms with Gasteiger partial charge in [0.05, 0.1) is 36.4 Å². The lowest BCUT2D eigenvalue weighted by Crippen LogP contribution is -2.52. The Labute approximate surface area is 204 Å². The van der Waals surface area contributed by atoms with Crippen molar-refractivity contribution >= 4 is 38.7 Å². The van der Waals surface area contributed by atoms with Crippen molar-refractivity contribution in [1.82, 2.24) is 23.8 Å². The van der Waals surface area contributed by atoms with Gasteiger partial charge < -0.3 is 14.6 Å². The summed E-state index contributed by atoms with van der Waals surface area (Å²) in [6.45, 7) is 4.66. The van der Waals surface area contributed by atoms with Crippen LogP contribution in [0.4, 0.5) is 11.8 Å². The fraction of sp³-hybridized carbons (Fsp3) is 0.478. The number of ether oxygens (including phenoxy) is 1. The smallest absolute Gasteiger partial charge is 0.272 e. The zero-order valence-electron chi connectivity index (χ0n) is 20.2. The van der Waals surface area contributed by atoms with Crippen molar-refractivity contribution in [2.45, 2.75) is 44.9 Å². The van der Waals surface area contributed by atoms with Gasteiger partial charge in [0.2, 0.25) is 16.0 Å². The highest BCUT2D eigenvalue weighted by molar-refractivity contribution is 7.88. The van der Waals surface area contributed by atoms with E-state index >= 15 is 0 Å². The molecule has 0 bridgehead atoms. The normalized spacial score (nSPS) is 19.0. The molecular formula is C23H29N7O4S. The van der Waals surface area contributed by atoms with Crippen LogP contribution in [0.3, 0.4) is 0 Å². The lowest BCUT2D eigenvalue weighted by Gasteiger charge is -2.38. The van der Waals surface area contributed by atoms with Crippen LogP contribution >= 0.6 is 0 Å². The zero-order valence-corrected chi connectivity index (χ0v) is 21.0. The predicted molar refractivity (Wildman–Crippen MR) is 132 cm³/mol. The SMILES string of the molecule is Cn1cnc2cc(CN3C(=O)C(C)(C)Oc4cnc(NC5CCN(S(C)(=O)=O)CC5)nc43)ccc21. The number of hydrogen-bond acceptors (Lipinski definition) is 8. The lowest BCUT2D eigenvalue weighted by atomic mass is 10.0. The van der Waals surface area contributed by atoms with Crippen LogP contribution in [0.25, 0.3) is 11.0 Å². The van der Waals surface area contributed by atoms with Crippen molar-refractivity contribution in [3.05, 3.63) is 36.3 Å². The van der Waals surface area contributed by atoms with Gasteiger partial charge in [0.15, 0.2) is 17.2 Å². The van der Waals surface area contributed by atoms with Gasteiger partial charge in [-0.05, 0) is 44.4 Å². The van der Waals surface area contributed by atoms with Gasteiger partial charge in [0.1, 0.15) is 0 Å². The van der Waals surface area contributed by atoms with E-state index in [0.29, 0.717) is 50.0 Å². The van der Waals surface area contributed by atoms with E-state index in [1.807, 2.05) is 29.8 Å². The van der Waals surface area contributed by atoms with Crippen LogP contribution in [0.1, 0.15) is 32.3 Å². The summed E-state index contributed by atoms with van der Waals surface area (Å²) in [5.74, 6) is 1.02. The predicted octanol–water partition coefficient (Wildman–Crippen LogP) is 1.90. The van der Waals surface area contributed by atoms with E-state index in [0.717, 1.165) is 16.6 Å². The number of hydrogen-bond donors (Lipinski definition) is 1. The first kappa shape index (κ1) is 23.5. The van der Waals surface area contributed by atoms with Gasteiger partial charge in [-0.3, -0.25) is 9.69 Å². The highest BCUT2D eigenvalue weighted by atomic mass is 32.2. The third-order valence-corrected chi connectivity index (χ3v) is 7.81. The molecule has 1 N–H and O–H groups in total. The van der Waals surface area contributed by atoms with Gasteiger partial charge in [-0.25, -0.2) is 22.7 Å². The summed E-state index contributed by atoms with van der Waals surface area (Å²) >= 11 is 0. The Morgan fingerprint density at radius 3 is 2.66 bits per heavy atom. The summed E-state index contributed by atoms with van der Waals surface area (Å²) in [6, 6.07) is 5.98. The molecule has 1 aromatic carbocycles. The number of sulfonamides is 1. The van der Waals surface area contributed by atoms with E-state index < -0.39 is 15.6 Å². The number of nitrogens with zero attached hydrogens (tertiary/aromatic N) is 6. The van der Waals surface area contributed by atoms with Crippen molar-refractivity contribution < 1.29 is 17.9 Å². The number of imidazole rings is 1. The monoisotopic (exact) mass is 499 g/mol. The quantitative estimate of drug-likeness (QED) is 0.565. The molecule has 12 heteroatoms. The molecule has 11 nitrogen and oxygen atoms in total. The minimum Gasteiger partial charge on any atom is -0.472 e. The summed E-state index contributed by atoms with van der Waals surface area (Å²) in [4.78, 5) is 28.4. The number of carbonyl (C=O) groups excluding carboxylic acids is 1. The van der Waals surface area contributed by atoms with Crippen molar-refractivity contribution in [3.8, 4) is 5.75 Å². The highest BCUT2D eigenvalue weighted by Gasteiger charge is 2.42. The maximum Gasteiger partial charge on any atom is 0.272 e. The van der Waals surface area contributed by atoms with E-state index in [9.17, 15) is 13.2 Å². The number of carbonyl (C=O) groups is 1. The van der Waals surface area contributed by atoms with Gasteiger partial charge in [-0.15, -0.1) is 0 Å². The largest absolute Gasteiger partial charge is 0.472 e. The fourth-order valence-electron chi connectivity index (χ4n) is 4.56. The molecule has 0 saturated carbocycles. The maximum absolute atomic E-state index is 13.4. The average molecular weight is 500 g/mol. The number of aryl methyl sites for hydroxylation is 1. The molecule has 5 rings (SSSR count). The highest BCUT2D eigenvalue weighted by Crippen LogP contribution is 2.37. The molecule has 2 aliphatic rings. The molecule has 0 radical (unpaired) electrons. The summed E-state index contributed by atoms with van der Waals surface area (Å²) in [5.41, 5.74) is 1.74. The Hall–Kier alpha value is -3.25. The molecule has 3 aromatic rings.